The van der Waals surface area contributed by atoms with Gasteiger partial charge in [-0.3, -0.25) is 0 Å². The Hall–Kier alpha value is -3.08. The van der Waals surface area contributed by atoms with Gasteiger partial charge < -0.3 is 20.3 Å². The molecule has 0 aliphatic rings. The molecule has 0 saturated heterocycles. The van der Waals surface area contributed by atoms with Crippen molar-refractivity contribution in [2.75, 3.05) is 13.2 Å². The molecule has 8 heteroatoms. The minimum absolute atomic E-state index is 0.00800. The van der Waals surface area contributed by atoms with Gasteiger partial charge in [0.15, 0.2) is 0 Å². The molecule has 0 radical (unpaired) electrons. The summed E-state index contributed by atoms with van der Waals surface area (Å²) < 4.78 is 5.79. The van der Waals surface area contributed by atoms with Gasteiger partial charge in [-0.2, -0.15) is 5.26 Å². The van der Waals surface area contributed by atoms with Gasteiger partial charge in [0.1, 0.15) is 24.5 Å². The zero-order chi connectivity index (χ0) is 25.6. The average Bonchev–Trinajstić information content (AvgIpc) is 2.83. The predicted molar refractivity (Wildman–Crippen MR) is 137 cm³/mol. The highest BCUT2D eigenvalue weighted by molar-refractivity contribution is 6.42. The van der Waals surface area contributed by atoms with Crippen LogP contribution >= 0.6 is 23.2 Å². The molecular weight excluding hydrogens is 487 g/mol. The highest BCUT2D eigenvalue weighted by Gasteiger charge is 2.20. The molecule has 1 atom stereocenters. The van der Waals surface area contributed by atoms with Crippen LogP contribution in [0.4, 0.5) is 0 Å². The van der Waals surface area contributed by atoms with Crippen LogP contribution in [-0.2, 0) is 6.42 Å². The maximum atomic E-state index is 11.1. The molecule has 0 unspecified atom stereocenters. The molecule has 0 spiro atoms. The zero-order valence-corrected chi connectivity index (χ0v) is 20.9. The summed E-state index contributed by atoms with van der Waals surface area (Å²) in [6.07, 6.45) is -0.133. The number of benzene rings is 3. The van der Waals surface area contributed by atoms with Crippen LogP contribution in [-0.4, -0.2) is 41.0 Å². The lowest BCUT2D eigenvalue weighted by atomic mass is 9.94. The van der Waals surface area contributed by atoms with E-state index in [1.807, 2.05) is 26.0 Å². The van der Waals surface area contributed by atoms with Crippen molar-refractivity contribution in [2.24, 2.45) is 0 Å². The summed E-state index contributed by atoms with van der Waals surface area (Å²) in [6, 6.07) is 19.2. The quantitative estimate of drug-likeness (QED) is 0.327. The molecular formula is C27H26Cl2N2O4. The lowest BCUT2D eigenvalue weighted by Crippen LogP contribution is -2.46. The first-order valence-corrected chi connectivity index (χ1v) is 11.7. The predicted octanol–water partition coefficient (Wildman–Crippen LogP) is 5.58. The minimum Gasteiger partial charge on any atom is -0.489 e. The highest BCUT2D eigenvalue weighted by atomic mass is 35.5. The number of carboxylic acids is 1. The molecule has 3 N–H and O–H groups in total. The molecule has 0 amide bonds. The number of β-amino-alcohol motifs (C(OH)–C–C–N with tert-alkyl or cyclic N) is 1. The van der Waals surface area contributed by atoms with Crippen LogP contribution in [0.25, 0.3) is 11.1 Å². The summed E-state index contributed by atoms with van der Waals surface area (Å²) in [5.74, 6) is -0.649. The van der Waals surface area contributed by atoms with Crippen molar-refractivity contribution >= 4 is 29.2 Å². The Morgan fingerprint density at radius 3 is 2.37 bits per heavy atom. The summed E-state index contributed by atoms with van der Waals surface area (Å²) in [5, 5.41) is 33.4. The Morgan fingerprint density at radius 1 is 1.06 bits per heavy atom. The Labute approximate surface area is 214 Å². The minimum atomic E-state index is -0.997. The van der Waals surface area contributed by atoms with Gasteiger partial charge in [-0.25, -0.2) is 4.79 Å². The second-order valence-electron chi connectivity index (χ2n) is 8.86. The molecule has 0 aliphatic carbocycles. The smallest absolute Gasteiger partial charge is 0.335 e. The summed E-state index contributed by atoms with van der Waals surface area (Å²) in [7, 11) is 0. The molecule has 182 valence electrons. The molecule has 3 aromatic rings. The van der Waals surface area contributed by atoms with E-state index in [1.165, 1.54) is 12.1 Å². The SMILES string of the molecule is CC(C)(Cc1ccc(Cl)c(Cl)c1)NC[C@@H](O)COc1cc(-c2ccc(C(=O)O)cc2)ccc1C#N. The van der Waals surface area contributed by atoms with Crippen LogP contribution in [0.15, 0.2) is 60.7 Å². The summed E-state index contributed by atoms with van der Waals surface area (Å²) in [6.45, 7) is 4.32. The van der Waals surface area contributed by atoms with E-state index < -0.39 is 12.1 Å². The van der Waals surface area contributed by atoms with Gasteiger partial charge in [-0.15, -0.1) is 0 Å². The van der Waals surface area contributed by atoms with Crippen molar-refractivity contribution < 1.29 is 19.7 Å². The molecule has 0 heterocycles. The third-order valence-corrected chi connectivity index (χ3v) is 6.18. The van der Waals surface area contributed by atoms with Crippen molar-refractivity contribution in [3.8, 4) is 22.9 Å². The molecule has 0 bridgehead atoms. The fourth-order valence-corrected chi connectivity index (χ4v) is 3.90. The molecule has 35 heavy (non-hydrogen) atoms. The Kier molecular flexibility index (Phi) is 8.76. The van der Waals surface area contributed by atoms with Crippen molar-refractivity contribution in [1.29, 1.82) is 5.26 Å². The number of nitrogens with one attached hydrogen (secondary N) is 1. The highest BCUT2D eigenvalue weighted by Crippen LogP contribution is 2.28. The lowest BCUT2D eigenvalue weighted by Gasteiger charge is -2.28. The number of carboxylic acid groups (broad SMARTS) is 1. The van der Waals surface area contributed by atoms with E-state index in [1.54, 1.807) is 36.4 Å². The fourth-order valence-electron chi connectivity index (χ4n) is 3.58. The third kappa shape index (κ3) is 7.45. The number of aromatic carboxylic acids is 1. The number of rotatable bonds is 10. The monoisotopic (exact) mass is 512 g/mol. The first kappa shape index (κ1) is 26.5. The molecule has 0 aromatic heterocycles. The number of hydrogen-bond donors (Lipinski definition) is 3. The summed E-state index contributed by atoms with van der Waals surface area (Å²) in [4.78, 5) is 11.1. The number of halogens is 2. The number of nitrogens with zero attached hydrogens (tertiary/aromatic N) is 1. The third-order valence-electron chi connectivity index (χ3n) is 5.44. The Bertz CT molecular complexity index is 1240. The van der Waals surface area contributed by atoms with Crippen molar-refractivity contribution in [3.05, 3.63) is 87.4 Å². The van der Waals surface area contributed by atoms with E-state index in [2.05, 4.69) is 11.4 Å². The lowest BCUT2D eigenvalue weighted by molar-refractivity contribution is 0.0697. The standard InChI is InChI=1S/C27H26Cl2N2O4/c1-27(2,13-17-3-10-23(28)24(29)11-17)31-15-22(32)16-35-25-12-20(8-9-21(25)14-30)18-4-6-19(7-5-18)26(33)34/h3-12,22,31-32H,13,15-16H2,1-2H3,(H,33,34)/t22-/m1/s1. The number of aliphatic hydroxyl groups is 1. The van der Waals surface area contributed by atoms with E-state index >= 15 is 0 Å². The van der Waals surface area contributed by atoms with E-state index in [4.69, 9.17) is 33.0 Å². The van der Waals surface area contributed by atoms with E-state index in [9.17, 15) is 15.2 Å². The van der Waals surface area contributed by atoms with Gasteiger partial charge in [-0.05, 0) is 73.4 Å². The van der Waals surface area contributed by atoms with Gasteiger partial charge >= 0.3 is 5.97 Å². The van der Waals surface area contributed by atoms with Crippen molar-refractivity contribution in [3.63, 3.8) is 0 Å². The van der Waals surface area contributed by atoms with Gasteiger partial charge in [0, 0.05) is 12.1 Å². The number of nitriles is 1. The van der Waals surface area contributed by atoms with Gasteiger partial charge in [0.25, 0.3) is 0 Å². The number of hydrogen-bond acceptors (Lipinski definition) is 5. The Balaban J connectivity index is 1.60. The first-order chi connectivity index (χ1) is 16.6. The zero-order valence-electron chi connectivity index (χ0n) is 19.4. The molecule has 6 nitrogen and oxygen atoms in total. The molecule has 3 aromatic carbocycles. The van der Waals surface area contributed by atoms with Crippen LogP contribution in [0.3, 0.4) is 0 Å². The number of carbonyl (C=O) groups is 1. The maximum absolute atomic E-state index is 11.1. The largest absolute Gasteiger partial charge is 0.489 e. The van der Waals surface area contributed by atoms with E-state index in [-0.39, 0.29) is 24.3 Å². The van der Waals surface area contributed by atoms with Crippen LogP contribution in [0.2, 0.25) is 10.0 Å². The van der Waals surface area contributed by atoms with Crippen LogP contribution in [0, 0.1) is 11.3 Å². The second kappa shape index (κ2) is 11.6. The topological polar surface area (TPSA) is 103 Å². The van der Waals surface area contributed by atoms with Crippen molar-refractivity contribution in [1.82, 2.24) is 5.32 Å². The van der Waals surface area contributed by atoms with Gasteiger partial charge in [-0.1, -0.05) is 47.5 Å². The molecule has 0 saturated carbocycles. The second-order valence-corrected chi connectivity index (χ2v) is 9.67. The number of ether oxygens (including phenoxy) is 1. The summed E-state index contributed by atoms with van der Waals surface area (Å²) in [5.41, 5.74) is 2.79. The van der Waals surface area contributed by atoms with Crippen LogP contribution in [0.1, 0.15) is 35.3 Å². The van der Waals surface area contributed by atoms with E-state index in [0.29, 0.717) is 27.8 Å². The van der Waals surface area contributed by atoms with Crippen molar-refractivity contribution in [2.45, 2.75) is 31.9 Å². The van der Waals surface area contributed by atoms with Gasteiger partial charge in [0.2, 0.25) is 0 Å². The summed E-state index contributed by atoms with van der Waals surface area (Å²) >= 11 is 12.1. The van der Waals surface area contributed by atoms with Gasteiger partial charge in [0.05, 0.1) is 21.2 Å². The van der Waals surface area contributed by atoms with Crippen LogP contribution < -0.4 is 10.1 Å². The maximum Gasteiger partial charge on any atom is 0.335 e. The fraction of sp³-hybridized carbons (Fsp3) is 0.259. The molecule has 0 aliphatic heterocycles. The molecule has 3 rings (SSSR count). The normalized spacial score (nSPS) is 12.1. The molecule has 0 fully saturated rings. The first-order valence-electron chi connectivity index (χ1n) is 11.0. The van der Waals surface area contributed by atoms with E-state index in [0.717, 1.165) is 16.7 Å². The number of aliphatic hydroxyl groups excluding tert-OH is 1. The Morgan fingerprint density at radius 2 is 1.74 bits per heavy atom. The van der Waals surface area contributed by atoms with Crippen LogP contribution in [0.5, 0.6) is 5.75 Å². The average molecular weight is 513 g/mol.